The Labute approximate surface area is 186 Å². The van der Waals surface area contributed by atoms with Crippen molar-refractivity contribution in [2.75, 3.05) is 26.2 Å². The van der Waals surface area contributed by atoms with Crippen LogP contribution < -0.4 is 5.32 Å². The van der Waals surface area contributed by atoms with Gasteiger partial charge in [0.05, 0.1) is 12.5 Å². The lowest BCUT2D eigenvalue weighted by Gasteiger charge is -2.37. The molecule has 7 heteroatoms. The van der Waals surface area contributed by atoms with Gasteiger partial charge in [0.15, 0.2) is 0 Å². The van der Waals surface area contributed by atoms with Crippen LogP contribution >= 0.6 is 23.1 Å². The molecule has 1 atom stereocenters. The lowest BCUT2D eigenvalue weighted by atomic mass is 10.1. The number of carbonyl (C=O) groups is 2. The van der Waals surface area contributed by atoms with Crippen LogP contribution in [0.25, 0.3) is 0 Å². The van der Waals surface area contributed by atoms with Gasteiger partial charge in [0, 0.05) is 47.7 Å². The average Bonchev–Trinajstić information content (AvgIpc) is 3.26. The number of thiophene rings is 1. The molecule has 0 bridgehead atoms. The number of aryl methyl sites for hydroxylation is 1. The summed E-state index contributed by atoms with van der Waals surface area (Å²) in [6.45, 7) is 5.83. The number of benzene rings is 1. The van der Waals surface area contributed by atoms with E-state index in [1.165, 1.54) is 15.3 Å². The maximum absolute atomic E-state index is 13.0. The number of piperidine rings is 1. The summed E-state index contributed by atoms with van der Waals surface area (Å²) in [6, 6.07) is 12.4. The molecule has 3 heterocycles. The van der Waals surface area contributed by atoms with Crippen molar-refractivity contribution in [3.63, 3.8) is 0 Å². The molecule has 2 aliphatic rings. The van der Waals surface area contributed by atoms with Crippen molar-refractivity contribution in [2.24, 2.45) is 0 Å². The Hall–Kier alpha value is -1.83. The minimum atomic E-state index is -0.368. The van der Waals surface area contributed by atoms with Gasteiger partial charge in [-0.15, -0.1) is 23.1 Å². The quantitative estimate of drug-likeness (QED) is 0.742. The zero-order chi connectivity index (χ0) is 20.9. The highest BCUT2D eigenvalue weighted by Gasteiger charge is 2.34. The fourth-order valence-corrected chi connectivity index (χ4v) is 5.96. The Morgan fingerprint density at radius 1 is 1.17 bits per heavy atom. The second kappa shape index (κ2) is 9.98. The van der Waals surface area contributed by atoms with Crippen LogP contribution in [0.1, 0.15) is 29.7 Å². The second-order valence-electron chi connectivity index (χ2n) is 8.07. The summed E-state index contributed by atoms with van der Waals surface area (Å²) in [5, 5.41) is 5.54. The molecular weight excluding hydrogens is 414 g/mol. The summed E-state index contributed by atoms with van der Waals surface area (Å²) in [6.07, 6.45) is 2.27. The maximum atomic E-state index is 13.0. The van der Waals surface area contributed by atoms with E-state index in [1.54, 1.807) is 11.3 Å². The zero-order valence-corrected chi connectivity index (χ0v) is 19.0. The molecule has 1 aromatic heterocycles. The van der Waals surface area contributed by atoms with Gasteiger partial charge in [-0.25, -0.2) is 0 Å². The van der Waals surface area contributed by atoms with Crippen molar-refractivity contribution in [1.82, 2.24) is 15.1 Å². The molecule has 0 aliphatic carbocycles. The number of thioether (sulfide) groups is 1. The molecule has 0 radical (unpaired) electrons. The van der Waals surface area contributed by atoms with Crippen LogP contribution in [0.15, 0.2) is 46.7 Å². The van der Waals surface area contributed by atoms with Crippen molar-refractivity contribution in [2.45, 2.75) is 48.9 Å². The zero-order valence-electron chi connectivity index (χ0n) is 17.4. The summed E-state index contributed by atoms with van der Waals surface area (Å²) in [7, 11) is 0. The highest BCUT2D eigenvalue weighted by molar-refractivity contribution is 8.00. The van der Waals surface area contributed by atoms with Crippen LogP contribution in [0.2, 0.25) is 0 Å². The molecular formula is C23H29N3O2S2. The number of piperazine rings is 1. The van der Waals surface area contributed by atoms with E-state index < -0.39 is 0 Å². The highest BCUT2D eigenvalue weighted by Crippen LogP contribution is 2.31. The van der Waals surface area contributed by atoms with Gasteiger partial charge in [-0.05, 0) is 43.3 Å². The second-order valence-corrected chi connectivity index (χ2v) is 10.5. The standard InChI is InChI=1S/C23H29N3O2S2/c1-17-4-6-18(7-5-17)30-19-8-11-25(12-9-19)22(27)15-21-23(28)24-10-13-26(21)16-20-3-2-14-29-20/h2-7,14,19,21H,8-13,15-16H2,1H3,(H,24,28)/t21-/m0/s1. The van der Waals surface area contributed by atoms with E-state index in [-0.39, 0.29) is 24.3 Å². The van der Waals surface area contributed by atoms with Gasteiger partial charge in [-0.1, -0.05) is 23.8 Å². The number of nitrogens with zero attached hydrogens (tertiary/aromatic N) is 2. The molecule has 2 aromatic rings. The minimum absolute atomic E-state index is 0.0176. The molecule has 0 spiro atoms. The van der Waals surface area contributed by atoms with Crippen molar-refractivity contribution in [3.05, 3.63) is 52.2 Å². The third-order valence-electron chi connectivity index (χ3n) is 5.87. The van der Waals surface area contributed by atoms with E-state index in [2.05, 4.69) is 52.9 Å². The molecule has 160 valence electrons. The molecule has 1 N–H and O–H groups in total. The van der Waals surface area contributed by atoms with Gasteiger partial charge in [-0.2, -0.15) is 0 Å². The highest BCUT2D eigenvalue weighted by atomic mass is 32.2. The van der Waals surface area contributed by atoms with Crippen molar-refractivity contribution in [3.8, 4) is 0 Å². The van der Waals surface area contributed by atoms with E-state index in [4.69, 9.17) is 0 Å². The molecule has 0 unspecified atom stereocenters. The first-order valence-corrected chi connectivity index (χ1v) is 12.4. The van der Waals surface area contributed by atoms with Crippen molar-refractivity contribution >= 4 is 34.9 Å². The Morgan fingerprint density at radius 2 is 1.93 bits per heavy atom. The molecule has 5 nitrogen and oxygen atoms in total. The third-order valence-corrected chi connectivity index (χ3v) is 8.08. The molecule has 2 amide bonds. The van der Waals surface area contributed by atoms with E-state index in [0.29, 0.717) is 11.8 Å². The normalized spacial score (nSPS) is 20.9. The van der Waals surface area contributed by atoms with Crippen LogP contribution in [0, 0.1) is 6.92 Å². The van der Waals surface area contributed by atoms with E-state index in [0.717, 1.165) is 39.0 Å². The van der Waals surface area contributed by atoms with Gasteiger partial charge >= 0.3 is 0 Å². The molecule has 2 saturated heterocycles. The number of nitrogens with one attached hydrogen (secondary N) is 1. The van der Waals surface area contributed by atoms with Crippen LogP contribution in [-0.4, -0.2) is 59.1 Å². The summed E-state index contributed by atoms with van der Waals surface area (Å²) < 4.78 is 0. The Bertz CT molecular complexity index is 846. The largest absolute Gasteiger partial charge is 0.353 e. The Morgan fingerprint density at radius 3 is 2.63 bits per heavy atom. The smallest absolute Gasteiger partial charge is 0.237 e. The fraction of sp³-hybridized carbons (Fsp3) is 0.478. The van der Waals surface area contributed by atoms with Gasteiger partial charge < -0.3 is 10.2 Å². The number of hydrogen-bond donors (Lipinski definition) is 1. The first kappa shape index (κ1) is 21.4. The van der Waals surface area contributed by atoms with Gasteiger partial charge in [0.2, 0.25) is 11.8 Å². The van der Waals surface area contributed by atoms with Crippen molar-refractivity contribution < 1.29 is 9.59 Å². The van der Waals surface area contributed by atoms with Crippen LogP contribution in [0.5, 0.6) is 0 Å². The summed E-state index contributed by atoms with van der Waals surface area (Å²) >= 11 is 3.61. The van der Waals surface area contributed by atoms with E-state index >= 15 is 0 Å². The van der Waals surface area contributed by atoms with E-state index in [9.17, 15) is 9.59 Å². The summed E-state index contributed by atoms with van der Waals surface area (Å²) in [5.74, 6) is 0.0861. The monoisotopic (exact) mass is 443 g/mol. The fourth-order valence-electron chi connectivity index (χ4n) is 4.10. The molecule has 30 heavy (non-hydrogen) atoms. The third kappa shape index (κ3) is 5.45. The topological polar surface area (TPSA) is 52.7 Å². The number of carbonyl (C=O) groups excluding carboxylic acids is 2. The first-order chi connectivity index (χ1) is 14.6. The van der Waals surface area contributed by atoms with Crippen molar-refractivity contribution in [1.29, 1.82) is 0 Å². The van der Waals surface area contributed by atoms with Gasteiger partial charge in [-0.3, -0.25) is 14.5 Å². The van der Waals surface area contributed by atoms with E-state index in [1.807, 2.05) is 22.7 Å². The predicted molar refractivity (Wildman–Crippen MR) is 123 cm³/mol. The Kier molecular flexibility index (Phi) is 7.12. The van der Waals surface area contributed by atoms with Gasteiger partial charge in [0.25, 0.3) is 0 Å². The van der Waals surface area contributed by atoms with Crippen LogP contribution in [-0.2, 0) is 16.1 Å². The predicted octanol–water partition coefficient (Wildman–Crippen LogP) is 3.53. The molecule has 1 aromatic carbocycles. The minimum Gasteiger partial charge on any atom is -0.353 e. The summed E-state index contributed by atoms with van der Waals surface area (Å²) in [5.41, 5.74) is 1.28. The lowest BCUT2D eigenvalue weighted by Crippen LogP contribution is -2.56. The SMILES string of the molecule is Cc1ccc(SC2CCN(C(=O)C[C@H]3C(=O)NCCN3Cc3cccs3)CC2)cc1. The molecule has 4 rings (SSSR count). The number of amides is 2. The number of rotatable bonds is 6. The number of likely N-dealkylation sites (tertiary alicyclic amines) is 1. The summed E-state index contributed by atoms with van der Waals surface area (Å²) in [4.78, 5) is 32.1. The molecule has 0 saturated carbocycles. The van der Waals surface area contributed by atoms with Gasteiger partial charge in [0.1, 0.15) is 0 Å². The first-order valence-electron chi connectivity index (χ1n) is 10.6. The molecule has 2 aliphatic heterocycles. The molecule has 2 fully saturated rings. The average molecular weight is 444 g/mol. The Balaban J connectivity index is 1.29. The van der Waals surface area contributed by atoms with Crippen LogP contribution in [0.4, 0.5) is 0 Å². The lowest BCUT2D eigenvalue weighted by molar-refractivity contribution is -0.139. The number of hydrogen-bond acceptors (Lipinski definition) is 5. The van der Waals surface area contributed by atoms with Crippen LogP contribution in [0.3, 0.4) is 0 Å². The maximum Gasteiger partial charge on any atom is 0.237 e.